The van der Waals surface area contributed by atoms with Crippen molar-refractivity contribution in [3.05, 3.63) is 131 Å². The maximum atomic E-state index is 13.3. The molecule has 0 unspecified atom stereocenters. The Morgan fingerprint density at radius 3 is 2.48 bits per heavy atom. The first-order valence-corrected chi connectivity index (χ1v) is 13.7. The highest BCUT2D eigenvalue weighted by Crippen LogP contribution is 2.36. The molecule has 0 saturated carbocycles. The molecule has 0 atom stereocenters. The summed E-state index contributed by atoms with van der Waals surface area (Å²) in [4.78, 5) is 15.3. The Balaban J connectivity index is 1.28. The van der Waals surface area contributed by atoms with E-state index in [0.29, 0.717) is 33.0 Å². The molecular formula is C31H22FN3O3S2. The number of carbonyl (C=O) groups is 1. The van der Waals surface area contributed by atoms with Crippen molar-refractivity contribution >= 4 is 40.3 Å². The molecule has 0 spiro atoms. The van der Waals surface area contributed by atoms with Crippen LogP contribution < -0.4 is 4.74 Å². The molecule has 0 aliphatic carbocycles. The van der Waals surface area contributed by atoms with Crippen molar-refractivity contribution in [1.82, 2.24) is 14.7 Å². The Hall–Kier alpha value is -4.47. The summed E-state index contributed by atoms with van der Waals surface area (Å²) >= 11 is 6.77. The van der Waals surface area contributed by atoms with Gasteiger partial charge >= 0.3 is 0 Å². The average Bonchev–Trinajstić information content (AvgIpc) is 3.71. The number of thioether (sulfide) groups is 1. The number of rotatable bonds is 8. The molecule has 6 nitrogen and oxygen atoms in total. The van der Waals surface area contributed by atoms with Gasteiger partial charge in [-0.25, -0.2) is 9.07 Å². The summed E-state index contributed by atoms with van der Waals surface area (Å²) in [6, 6.07) is 27.2. The first kappa shape index (κ1) is 25.8. The quantitative estimate of drug-likeness (QED) is 0.145. The Morgan fingerprint density at radius 1 is 0.975 bits per heavy atom. The van der Waals surface area contributed by atoms with Gasteiger partial charge in [-0.15, -0.1) is 0 Å². The van der Waals surface area contributed by atoms with E-state index in [0.717, 1.165) is 22.4 Å². The van der Waals surface area contributed by atoms with Gasteiger partial charge in [0.15, 0.2) is 0 Å². The molecular weight excluding hydrogens is 545 g/mol. The molecule has 1 aliphatic heterocycles. The highest BCUT2D eigenvalue weighted by atomic mass is 32.2. The maximum absolute atomic E-state index is 13.3. The minimum Gasteiger partial charge on any atom is -0.489 e. The Bertz CT molecular complexity index is 1680. The standard InChI is InChI=1S/C31H22FN3O3S2/c32-24-12-8-21(9-13-24)20-38-26-14-10-22(11-15-26)29-23(18-35(33-29)25-5-2-1-3-6-25)17-28-30(36)34(31(39)40-28)19-27-7-4-16-37-27/h1-18H,19-20H2. The molecule has 0 bridgehead atoms. The molecule has 0 N–H and O–H groups in total. The molecule has 40 heavy (non-hydrogen) atoms. The van der Waals surface area contributed by atoms with Crippen LogP contribution >= 0.6 is 24.0 Å². The lowest BCUT2D eigenvalue weighted by atomic mass is 10.1. The second-order valence-electron chi connectivity index (χ2n) is 9.00. The van der Waals surface area contributed by atoms with Crippen LogP contribution in [0.1, 0.15) is 16.9 Å². The van der Waals surface area contributed by atoms with Crippen molar-refractivity contribution < 1.29 is 18.3 Å². The molecule has 5 aromatic rings. The molecule has 1 fully saturated rings. The van der Waals surface area contributed by atoms with E-state index < -0.39 is 0 Å². The second-order valence-corrected chi connectivity index (χ2v) is 10.7. The molecule has 9 heteroatoms. The van der Waals surface area contributed by atoms with E-state index in [1.165, 1.54) is 23.9 Å². The minimum absolute atomic E-state index is 0.172. The minimum atomic E-state index is -0.279. The van der Waals surface area contributed by atoms with Gasteiger partial charge < -0.3 is 9.15 Å². The van der Waals surface area contributed by atoms with Gasteiger partial charge in [0.2, 0.25) is 0 Å². The number of halogens is 1. The van der Waals surface area contributed by atoms with Crippen LogP contribution in [0.5, 0.6) is 5.75 Å². The Morgan fingerprint density at radius 2 is 1.75 bits per heavy atom. The lowest BCUT2D eigenvalue weighted by Gasteiger charge is -2.11. The van der Waals surface area contributed by atoms with E-state index in [9.17, 15) is 9.18 Å². The number of aromatic nitrogens is 2. The molecule has 0 radical (unpaired) electrons. The third-order valence-corrected chi connectivity index (χ3v) is 7.64. The van der Waals surface area contributed by atoms with Crippen LogP contribution in [0.4, 0.5) is 4.39 Å². The monoisotopic (exact) mass is 567 g/mol. The van der Waals surface area contributed by atoms with Crippen molar-refractivity contribution in [2.75, 3.05) is 0 Å². The van der Waals surface area contributed by atoms with Gasteiger partial charge in [-0.05, 0) is 72.3 Å². The van der Waals surface area contributed by atoms with E-state index in [1.807, 2.05) is 72.9 Å². The zero-order valence-corrected chi connectivity index (χ0v) is 22.7. The SMILES string of the molecule is O=C1C(=Cc2cn(-c3ccccc3)nc2-c2ccc(OCc3ccc(F)cc3)cc2)SC(=S)N1Cc1ccco1. The fourth-order valence-corrected chi connectivity index (χ4v) is 5.47. The molecule has 2 aromatic heterocycles. The highest BCUT2D eigenvalue weighted by Gasteiger charge is 2.33. The number of hydrogen-bond donors (Lipinski definition) is 0. The fourth-order valence-electron chi connectivity index (χ4n) is 4.22. The Labute approximate surface area is 239 Å². The zero-order valence-electron chi connectivity index (χ0n) is 21.1. The first-order valence-electron chi connectivity index (χ1n) is 12.4. The molecule has 3 aromatic carbocycles. The van der Waals surface area contributed by atoms with E-state index in [2.05, 4.69) is 0 Å². The van der Waals surface area contributed by atoms with E-state index >= 15 is 0 Å². The van der Waals surface area contributed by atoms with Crippen LogP contribution in [0.15, 0.2) is 113 Å². The van der Waals surface area contributed by atoms with Gasteiger partial charge in [0.05, 0.1) is 29.1 Å². The summed E-state index contributed by atoms with van der Waals surface area (Å²) in [5, 5.41) is 4.86. The number of amides is 1. The normalized spacial score (nSPS) is 14.3. The summed E-state index contributed by atoms with van der Waals surface area (Å²) < 4.78 is 26.7. The topological polar surface area (TPSA) is 60.5 Å². The summed E-state index contributed by atoms with van der Waals surface area (Å²) in [5.41, 5.74) is 4.13. The Kier molecular flexibility index (Phi) is 7.31. The average molecular weight is 568 g/mol. The third-order valence-electron chi connectivity index (χ3n) is 6.26. The van der Waals surface area contributed by atoms with Crippen molar-refractivity contribution in [1.29, 1.82) is 0 Å². The molecule has 1 amide bonds. The summed E-state index contributed by atoms with van der Waals surface area (Å²) in [5.74, 6) is 0.890. The van der Waals surface area contributed by atoms with Crippen LogP contribution in [0, 0.1) is 5.82 Å². The first-order chi connectivity index (χ1) is 19.5. The van der Waals surface area contributed by atoms with E-state index in [-0.39, 0.29) is 18.3 Å². The predicted octanol–water partition coefficient (Wildman–Crippen LogP) is 7.25. The lowest BCUT2D eigenvalue weighted by Crippen LogP contribution is -2.27. The van der Waals surface area contributed by atoms with Gasteiger partial charge in [0.1, 0.15) is 28.3 Å². The van der Waals surface area contributed by atoms with E-state index in [4.69, 9.17) is 26.5 Å². The summed E-state index contributed by atoms with van der Waals surface area (Å²) in [7, 11) is 0. The van der Waals surface area contributed by atoms with Crippen LogP contribution in [-0.4, -0.2) is 24.9 Å². The summed E-state index contributed by atoms with van der Waals surface area (Å²) in [6.45, 7) is 0.609. The fraction of sp³-hybridized carbons (Fsp3) is 0.0645. The van der Waals surface area contributed by atoms with Crippen LogP contribution in [0.2, 0.25) is 0 Å². The lowest BCUT2D eigenvalue weighted by molar-refractivity contribution is -0.122. The number of nitrogens with zero attached hydrogens (tertiary/aromatic N) is 3. The second kappa shape index (κ2) is 11.3. The molecule has 1 aliphatic rings. The zero-order chi connectivity index (χ0) is 27.5. The van der Waals surface area contributed by atoms with Gasteiger partial charge in [0, 0.05) is 17.3 Å². The van der Waals surface area contributed by atoms with Gasteiger partial charge in [0.25, 0.3) is 5.91 Å². The van der Waals surface area contributed by atoms with Crippen LogP contribution in [-0.2, 0) is 17.9 Å². The highest BCUT2D eigenvalue weighted by molar-refractivity contribution is 8.26. The van der Waals surface area contributed by atoms with Crippen LogP contribution in [0.3, 0.4) is 0 Å². The number of para-hydroxylation sites is 1. The molecule has 198 valence electrons. The smallest absolute Gasteiger partial charge is 0.266 e. The van der Waals surface area contributed by atoms with Gasteiger partial charge in [-0.2, -0.15) is 5.10 Å². The van der Waals surface area contributed by atoms with Gasteiger partial charge in [-0.1, -0.05) is 54.3 Å². The number of carbonyl (C=O) groups excluding carboxylic acids is 1. The van der Waals surface area contributed by atoms with E-state index in [1.54, 1.807) is 34.0 Å². The predicted molar refractivity (Wildman–Crippen MR) is 157 cm³/mol. The van der Waals surface area contributed by atoms with Crippen molar-refractivity contribution in [2.45, 2.75) is 13.2 Å². The molecule has 1 saturated heterocycles. The largest absolute Gasteiger partial charge is 0.489 e. The molecule has 6 rings (SSSR count). The molecule has 3 heterocycles. The number of ether oxygens (including phenoxy) is 1. The van der Waals surface area contributed by atoms with Crippen molar-refractivity contribution in [3.8, 4) is 22.7 Å². The number of hydrogen-bond acceptors (Lipinski definition) is 6. The summed E-state index contributed by atoms with van der Waals surface area (Å²) in [6.07, 6.45) is 5.32. The van der Waals surface area contributed by atoms with Crippen LogP contribution in [0.25, 0.3) is 23.0 Å². The third kappa shape index (κ3) is 5.61. The maximum Gasteiger partial charge on any atom is 0.266 e. The number of benzene rings is 3. The van der Waals surface area contributed by atoms with Crippen molar-refractivity contribution in [2.24, 2.45) is 0 Å². The van der Waals surface area contributed by atoms with Crippen molar-refractivity contribution in [3.63, 3.8) is 0 Å². The number of thiocarbonyl (C=S) groups is 1. The number of furan rings is 1. The van der Waals surface area contributed by atoms with Gasteiger partial charge in [-0.3, -0.25) is 9.69 Å².